The van der Waals surface area contributed by atoms with Crippen LogP contribution in [-0.4, -0.2) is 6.85 Å². The first-order valence-electron chi connectivity index (χ1n) is 20.6. The molecule has 3 heterocycles. The van der Waals surface area contributed by atoms with Crippen LogP contribution in [0.5, 0.6) is 0 Å². The van der Waals surface area contributed by atoms with Crippen LogP contribution >= 0.6 is 0 Å². The first kappa shape index (κ1) is 38.2. The number of fused-ring (bicyclic) bond motifs is 6. The molecule has 6 aromatic rings. The molecule has 3 nitrogen and oxygen atoms in total. The van der Waals surface area contributed by atoms with Crippen molar-refractivity contribution in [1.82, 2.24) is 0 Å². The number of anilines is 5. The van der Waals surface area contributed by atoms with E-state index in [9.17, 15) is 0 Å². The molecular weight excluding hydrogens is 679 g/mol. The summed E-state index contributed by atoms with van der Waals surface area (Å²) in [4.78, 5) is 5.21. The van der Waals surface area contributed by atoms with Crippen LogP contribution in [0.3, 0.4) is 0 Å². The third-order valence-corrected chi connectivity index (χ3v) is 12.3. The molecule has 0 fully saturated rings. The van der Waals surface area contributed by atoms with E-state index in [0.717, 1.165) is 11.0 Å². The summed E-state index contributed by atoms with van der Waals surface area (Å²) in [6, 6.07) is 35.7. The highest BCUT2D eigenvalue weighted by atomic mass is 16.3. The molecule has 0 atom stereocenters. The van der Waals surface area contributed by atoms with Gasteiger partial charge in [-0.25, -0.2) is 0 Å². The molecular formula is C52H61BN2O. The predicted octanol–water partition coefficient (Wildman–Crippen LogP) is 13.6. The van der Waals surface area contributed by atoms with Gasteiger partial charge in [-0.05, 0) is 120 Å². The summed E-state index contributed by atoms with van der Waals surface area (Å²) in [5, 5.41) is 1.12. The third kappa shape index (κ3) is 6.28. The van der Waals surface area contributed by atoms with Gasteiger partial charge in [0, 0.05) is 45.0 Å². The lowest BCUT2D eigenvalue weighted by molar-refractivity contribution is 0.568. The van der Waals surface area contributed by atoms with Crippen molar-refractivity contribution in [2.75, 3.05) is 9.71 Å². The fourth-order valence-corrected chi connectivity index (χ4v) is 8.68. The Balaban J connectivity index is 1.53. The molecule has 0 saturated carbocycles. The molecule has 8 rings (SSSR count). The van der Waals surface area contributed by atoms with Gasteiger partial charge >= 0.3 is 6.85 Å². The van der Waals surface area contributed by atoms with Gasteiger partial charge in [-0.3, -0.25) is 0 Å². The van der Waals surface area contributed by atoms with Gasteiger partial charge in [0.1, 0.15) is 5.58 Å². The summed E-state index contributed by atoms with van der Waals surface area (Å²) in [5.74, 6) is 0. The second kappa shape index (κ2) is 12.4. The lowest BCUT2D eigenvalue weighted by Gasteiger charge is -2.46. The molecule has 0 aliphatic carbocycles. The van der Waals surface area contributed by atoms with Crippen LogP contribution in [0.1, 0.15) is 132 Å². The Morgan fingerprint density at radius 2 is 0.982 bits per heavy atom. The Hall–Kier alpha value is -4.70. The second-order valence-electron chi connectivity index (χ2n) is 21.7. The van der Waals surface area contributed by atoms with Gasteiger partial charge in [-0.15, -0.1) is 0 Å². The topological polar surface area (TPSA) is 19.6 Å². The molecule has 0 radical (unpaired) electrons. The van der Waals surface area contributed by atoms with E-state index in [-0.39, 0.29) is 33.9 Å². The Labute approximate surface area is 337 Å². The van der Waals surface area contributed by atoms with Crippen molar-refractivity contribution in [2.24, 2.45) is 0 Å². The van der Waals surface area contributed by atoms with E-state index in [1.807, 2.05) is 6.26 Å². The average molecular weight is 741 g/mol. The normalized spacial score (nSPS) is 14.6. The summed E-state index contributed by atoms with van der Waals surface area (Å²) in [6.45, 7) is 34.7. The molecule has 4 heteroatoms. The summed E-state index contributed by atoms with van der Waals surface area (Å²) in [5.41, 5.74) is 18.6. The van der Waals surface area contributed by atoms with Crippen molar-refractivity contribution >= 4 is 57.2 Å². The molecule has 2 aliphatic heterocycles. The first-order valence-corrected chi connectivity index (χ1v) is 20.6. The van der Waals surface area contributed by atoms with Gasteiger partial charge in [0.05, 0.1) is 6.26 Å². The van der Waals surface area contributed by atoms with Crippen LogP contribution in [0.2, 0.25) is 0 Å². The van der Waals surface area contributed by atoms with E-state index in [0.29, 0.717) is 0 Å². The Kier molecular flexibility index (Phi) is 8.46. The van der Waals surface area contributed by atoms with Gasteiger partial charge in [0.25, 0.3) is 0 Å². The summed E-state index contributed by atoms with van der Waals surface area (Å²) < 4.78 is 6.55. The summed E-state index contributed by atoms with van der Waals surface area (Å²) >= 11 is 0. The van der Waals surface area contributed by atoms with Crippen LogP contribution < -0.4 is 20.6 Å². The standard InChI is InChI=1S/C52H61BN2O/c1-48(2,3)33-16-20-38(21-17-33)55-42-23-19-34(49(4,5)6)30-40(42)45-46-44(26-32-24-25-56-47(32)45)54(43-31-35(50(7,8)9)18-22-41(43)53(46)55)39-28-36(51(10,11)12)27-37(29-39)52(13,14)15/h16-31H,1-15H3. The molecule has 0 N–H and O–H groups in total. The smallest absolute Gasteiger partial charge is 0.333 e. The van der Waals surface area contributed by atoms with Gasteiger partial charge in [-0.2, -0.15) is 0 Å². The molecule has 5 aromatic carbocycles. The summed E-state index contributed by atoms with van der Waals surface area (Å²) in [6.07, 6.45) is 1.87. The highest BCUT2D eigenvalue weighted by Crippen LogP contribution is 2.51. The molecule has 0 bridgehead atoms. The molecule has 2 aliphatic rings. The Bertz CT molecular complexity index is 2470. The third-order valence-electron chi connectivity index (χ3n) is 12.3. The number of furan rings is 1. The monoisotopic (exact) mass is 740 g/mol. The fraction of sp³-hybridized carbons (Fsp3) is 0.385. The lowest BCUT2D eigenvalue weighted by atomic mass is 9.43. The van der Waals surface area contributed by atoms with E-state index in [1.54, 1.807) is 0 Å². The SMILES string of the molecule is CC(C)(C)c1ccc(N2B3c4ccc(C(C)(C)C)cc4N(c4cc(C(C)(C)C)cc(C(C)(C)C)c4)c4cc5ccoc5c(c43)-c3cc(C(C)(C)C)ccc32)cc1. The van der Waals surface area contributed by atoms with Crippen LogP contribution in [0.25, 0.3) is 22.1 Å². The highest BCUT2D eigenvalue weighted by Gasteiger charge is 2.47. The van der Waals surface area contributed by atoms with Gasteiger partial charge in [0.15, 0.2) is 0 Å². The maximum Gasteiger partial charge on any atom is 0.333 e. The maximum atomic E-state index is 6.55. The number of benzene rings is 5. The quantitative estimate of drug-likeness (QED) is 0.165. The molecule has 0 spiro atoms. The van der Waals surface area contributed by atoms with E-state index in [4.69, 9.17) is 4.42 Å². The number of nitrogens with zero attached hydrogens (tertiary/aromatic N) is 2. The van der Waals surface area contributed by atoms with Crippen molar-refractivity contribution in [1.29, 1.82) is 0 Å². The van der Waals surface area contributed by atoms with Crippen LogP contribution in [0.4, 0.5) is 28.4 Å². The largest absolute Gasteiger partial charge is 0.464 e. The molecule has 56 heavy (non-hydrogen) atoms. The minimum atomic E-state index is -0.0869. The zero-order valence-electron chi connectivity index (χ0n) is 36.6. The zero-order chi connectivity index (χ0) is 40.5. The van der Waals surface area contributed by atoms with E-state index >= 15 is 0 Å². The maximum absolute atomic E-state index is 6.55. The lowest BCUT2D eigenvalue weighted by Crippen LogP contribution is -2.61. The molecule has 288 valence electrons. The molecule has 0 saturated heterocycles. The summed E-state index contributed by atoms with van der Waals surface area (Å²) in [7, 11) is 0. The molecule has 0 amide bonds. The van der Waals surface area contributed by atoms with Crippen molar-refractivity contribution in [3.05, 3.63) is 125 Å². The van der Waals surface area contributed by atoms with Gasteiger partial charge in [-0.1, -0.05) is 140 Å². The van der Waals surface area contributed by atoms with Crippen molar-refractivity contribution in [3.8, 4) is 11.1 Å². The van der Waals surface area contributed by atoms with E-state index in [2.05, 4.69) is 205 Å². The minimum absolute atomic E-state index is 0.0269. The zero-order valence-corrected chi connectivity index (χ0v) is 36.6. The van der Waals surface area contributed by atoms with Crippen molar-refractivity contribution < 1.29 is 4.42 Å². The number of hydrogen-bond acceptors (Lipinski definition) is 3. The van der Waals surface area contributed by atoms with E-state index in [1.165, 1.54) is 78.3 Å². The van der Waals surface area contributed by atoms with Crippen LogP contribution in [0.15, 0.2) is 102 Å². The Morgan fingerprint density at radius 1 is 0.446 bits per heavy atom. The highest BCUT2D eigenvalue weighted by molar-refractivity contribution is 6.94. The van der Waals surface area contributed by atoms with Crippen LogP contribution in [-0.2, 0) is 27.1 Å². The predicted molar refractivity (Wildman–Crippen MR) is 243 cm³/mol. The Morgan fingerprint density at radius 3 is 1.55 bits per heavy atom. The average Bonchev–Trinajstić information content (AvgIpc) is 3.57. The number of hydrogen-bond donors (Lipinski definition) is 0. The minimum Gasteiger partial charge on any atom is -0.464 e. The fourth-order valence-electron chi connectivity index (χ4n) is 8.68. The second-order valence-corrected chi connectivity index (χ2v) is 21.7. The van der Waals surface area contributed by atoms with E-state index < -0.39 is 0 Å². The number of rotatable bonds is 2. The molecule has 0 unspecified atom stereocenters. The van der Waals surface area contributed by atoms with Crippen LogP contribution in [0, 0.1) is 0 Å². The van der Waals surface area contributed by atoms with Crippen molar-refractivity contribution in [2.45, 2.75) is 131 Å². The molecule has 1 aromatic heterocycles. The first-order chi connectivity index (χ1) is 25.9. The van der Waals surface area contributed by atoms with Gasteiger partial charge < -0.3 is 14.1 Å². The van der Waals surface area contributed by atoms with Gasteiger partial charge in [0.2, 0.25) is 0 Å². The van der Waals surface area contributed by atoms with Crippen molar-refractivity contribution in [3.63, 3.8) is 0 Å².